The monoisotopic (exact) mass is 224 g/mol. The molecule has 0 unspecified atom stereocenters. The number of halogens is 2. The van der Waals surface area contributed by atoms with Gasteiger partial charge in [0.05, 0.1) is 22.6 Å². The van der Waals surface area contributed by atoms with E-state index in [-0.39, 0.29) is 11.1 Å². The number of benzene rings is 1. The van der Waals surface area contributed by atoms with Crippen LogP contribution in [0.25, 0.3) is 0 Å². The van der Waals surface area contributed by atoms with E-state index >= 15 is 0 Å². The summed E-state index contributed by atoms with van der Waals surface area (Å²) in [6.45, 7) is 0. The van der Waals surface area contributed by atoms with Crippen LogP contribution in [-0.4, -0.2) is 18.1 Å². The molecule has 3 nitrogen and oxygen atoms in total. The number of carbonyl (C=O) groups is 1. The molecule has 70 valence electrons. The number of carboxylic acid groups (broad SMARTS) is 1. The fourth-order valence-electron chi connectivity index (χ4n) is 0.774. The van der Waals surface area contributed by atoms with Crippen molar-refractivity contribution < 1.29 is 20.1 Å². The molecule has 0 saturated carbocycles. The zero-order valence-electron chi connectivity index (χ0n) is 10.1. The third-order valence-electron chi connectivity index (χ3n) is 1.31. The maximum Gasteiger partial charge on any atom is 0.341 e. The highest BCUT2D eigenvalue weighted by Crippen LogP contribution is 2.33. The van der Waals surface area contributed by atoms with Gasteiger partial charge in [-0.15, -0.1) is 0 Å². The SMILES string of the molecule is [2H]c1cc(Cl)c(OC([2H])([2H])[2H])c(C(=O)O)c1Cl. The molecule has 0 aliphatic carbocycles. The van der Waals surface area contributed by atoms with Gasteiger partial charge in [-0.25, -0.2) is 4.79 Å². The normalized spacial score (nSPS) is 15.2. The molecule has 0 radical (unpaired) electrons. The van der Waals surface area contributed by atoms with E-state index in [2.05, 4.69) is 4.74 Å². The smallest absolute Gasteiger partial charge is 0.341 e. The minimum Gasteiger partial charge on any atom is -0.494 e. The van der Waals surface area contributed by atoms with Crippen LogP contribution in [0.15, 0.2) is 12.1 Å². The lowest BCUT2D eigenvalue weighted by molar-refractivity contribution is 0.0693. The first-order chi connectivity index (χ1) is 7.63. The van der Waals surface area contributed by atoms with E-state index in [1.54, 1.807) is 0 Å². The molecule has 0 saturated heterocycles. The van der Waals surface area contributed by atoms with Crippen LogP contribution >= 0.6 is 23.2 Å². The predicted molar refractivity (Wildman–Crippen MR) is 50.0 cm³/mol. The highest BCUT2D eigenvalue weighted by atomic mass is 35.5. The molecular formula is C8H6Cl2O3. The molecule has 0 spiro atoms. The lowest BCUT2D eigenvalue weighted by atomic mass is 10.2. The van der Waals surface area contributed by atoms with Crippen molar-refractivity contribution in [3.8, 4) is 5.75 Å². The van der Waals surface area contributed by atoms with Crippen LogP contribution in [0.5, 0.6) is 5.75 Å². The molecule has 1 N–H and O–H groups in total. The lowest BCUT2D eigenvalue weighted by Crippen LogP contribution is -2.01. The molecule has 0 aliphatic rings. The molecule has 13 heavy (non-hydrogen) atoms. The van der Waals surface area contributed by atoms with Gasteiger partial charge in [0.1, 0.15) is 5.56 Å². The van der Waals surface area contributed by atoms with Crippen molar-refractivity contribution in [2.24, 2.45) is 0 Å². The van der Waals surface area contributed by atoms with E-state index in [1.165, 1.54) is 0 Å². The summed E-state index contributed by atoms with van der Waals surface area (Å²) in [6.07, 6.45) is 0. The van der Waals surface area contributed by atoms with Crippen LogP contribution < -0.4 is 4.74 Å². The summed E-state index contributed by atoms with van der Waals surface area (Å²) in [5, 5.41) is 8.17. The largest absolute Gasteiger partial charge is 0.494 e. The van der Waals surface area contributed by atoms with Crippen LogP contribution in [0.3, 0.4) is 0 Å². The van der Waals surface area contributed by atoms with Crippen LogP contribution in [0.2, 0.25) is 10.0 Å². The van der Waals surface area contributed by atoms with Gasteiger partial charge in [0.15, 0.2) is 5.75 Å². The van der Waals surface area contributed by atoms with Gasteiger partial charge >= 0.3 is 5.97 Å². The fourth-order valence-corrected chi connectivity index (χ4v) is 1.18. The Bertz CT molecular complexity index is 473. The molecular weight excluding hydrogens is 215 g/mol. The molecule has 0 amide bonds. The first-order valence-corrected chi connectivity index (χ1v) is 3.80. The van der Waals surface area contributed by atoms with E-state index in [0.29, 0.717) is 0 Å². The van der Waals surface area contributed by atoms with E-state index in [1.807, 2.05) is 0 Å². The summed E-state index contributed by atoms with van der Waals surface area (Å²) in [5.74, 6) is -2.09. The molecule has 0 aliphatic heterocycles. The Morgan fingerprint density at radius 3 is 2.92 bits per heavy atom. The average molecular weight is 225 g/mol. The Morgan fingerprint density at radius 2 is 2.38 bits per heavy atom. The van der Waals surface area contributed by atoms with Gasteiger partial charge in [0, 0.05) is 0 Å². The Hall–Kier alpha value is -0.930. The highest BCUT2D eigenvalue weighted by molar-refractivity contribution is 6.36. The topological polar surface area (TPSA) is 46.5 Å². The van der Waals surface area contributed by atoms with Gasteiger partial charge in [-0.2, -0.15) is 0 Å². The summed E-state index contributed by atoms with van der Waals surface area (Å²) in [7, 11) is -2.86. The van der Waals surface area contributed by atoms with Crippen molar-refractivity contribution in [1.82, 2.24) is 0 Å². The van der Waals surface area contributed by atoms with Crippen molar-refractivity contribution in [3.05, 3.63) is 27.7 Å². The van der Waals surface area contributed by atoms with Gasteiger partial charge in [0.25, 0.3) is 0 Å². The van der Waals surface area contributed by atoms with Gasteiger partial charge in [-0.1, -0.05) is 23.2 Å². The molecule has 0 bridgehead atoms. The third kappa shape index (κ3) is 1.87. The molecule has 0 heterocycles. The number of aromatic carboxylic acids is 1. The van der Waals surface area contributed by atoms with E-state index in [9.17, 15) is 4.79 Å². The van der Waals surface area contributed by atoms with E-state index in [4.69, 9.17) is 33.8 Å². The standard InChI is InChI=1S/C8H6Cl2O3/c1-13-7-5(10)3-2-4(9)6(7)8(11)12/h2-3H,1H3,(H,11,12)/i1D3,2D. The Labute approximate surface area is 90.5 Å². The summed E-state index contributed by atoms with van der Waals surface area (Å²) in [4.78, 5) is 10.9. The maximum absolute atomic E-state index is 10.9. The molecule has 1 aromatic rings. The number of methoxy groups -OCH3 is 1. The maximum atomic E-state index is 10.9. The number of hydrogen-bond donors (Lipinski definition) is 1. The number of hydrogen-bond acceptors (Lipinski definition) is 2. The van der Waals surface area contributed by atoms with Gasteiger partial charge in [-0.05, 0) is 12.1 Å². The van der Waals surface area contributed by atoms with Gasteiger partial charge < -0.3 is 9.84 Å². The molecule has 5 heteroatoms. The molecule has 1 rings (SSSR count). The quantitative estimate of drug-likeness (QED) is 0.841. The summed E-state index contributed by atoms with van der Waals surface area (Å²) in [5.41, 5.74) is -0.639. The summed E-state index contributed by atoms with van der Waals surface area (Å²) < 4.78 is 32.5. The van der Waals surface area contributed by atoms with Crippen LogP contribution in [0.4, 0.5) is 0 Å². The Balaban J connectivity index is 3.47. The van der Waals surface area contributed by atoms with E-state index < -0.39 is 29.3 Å². The zero-order chi connectivity index (χ0) is 13.4. The molecule has 1 aromatic carbocycles. The fraction of sp³-hybridized carbons (Fsp3) is 0.125. The summed E-state index contributed by atoms with van der Waals surface area (Å²) in [6, 6.07) is 0.684. The summed E-state index contributed by atoms with van der Waals surface area (Å²) >= 11 is 11.2. The van der Waals surface area contributed by atoms with Gasteiger partial charge in [0.2, 0.25) is 0 Å². The first kappa shape index (κ1) is 5.73. The number of carboxylic acids is 1. The van der Waals surface area contributed by atoms with Crippen LogP contribution in [-0.2, 0) is 0 Å². The van der Waals surface area contributed by atoms with E-state index in [0.717, 1.165) is 6.07 Å². The second-order valence-corrected chi connectivity index (χ2v) is 2.85. The average Bonchev–Trinajstić information content (AvgIpc) is 2.11. The second-order valence-electron chi connectivity index (χ2n) is 2.06. The minimum atomic E-state index is -2.86. The third-order valence-corrected chi connectivity index (χ3v) is 1.88. The lowest BCUT2D eigenvalue weighted by Gasteiger charge is -2.07. The van der Waals surface area contributed by atoms with Crippen LogP contribution in [0, 0.1) is 0 Å². The minimum absolute atomic E-state index is 0.298. The van der Waals surface area contributed by atoms with Crippen molar-refractivity contribution in [1.29, 1.82) is 0 Å². The van der Waals surface area contributed by atoms with Crippen molar-refractivity contribution >= 4 is 29.2 Å². The van der Waals surface area contributed by atoms with Crippen molar-refractivity contribution in [2.75, 3.05) is 7.04 Å². The Morgan fingerprint density at radius 1 is 1.69 bits per heavy atom. The van der Waals surface area contributed by atoms with Crippen molar-refractivity contribution in [2.45, 2.75) is 0 Å². The van der Waals surface area contributed by atoms with Crippen molar-refractivity contribution in [3.63, 3.8) is 0 Å². The van der Waals surface area contributed by atoms with Crippen LogP contribution in [0.1, 0.15) is 15.8 Å². The Kier molecular flexibility index (Phi) is 1.70. The zero-order valence-corrected chi connectivity index (χ0v) is 7.61. The van der Waals surface area contributed by atoms with Gasteiger partial charge in [-0.3, -0.25) is 0 Å². The number of ether oxygens (including phenoxy) is 1. The number of rotatable bonds is 2. The molecule has 0 atom stereocenters. The molecule has 0 aromatic heterocycles. The molecule has 0 fully saturated rings. The second kappa shape index (κ2) is 3.85. The highest BCUT2D eigenvalue weighted by Gasteiger charge is 2.17. The predicted octanol–water partition coefficient (Wildman–Crippen LogP) is 2.70. The first-order valence-electron chi connectivity index (χ1n) is 5.04.